The summed E-state index contributed by atoms with van der Waals surface area (Å²) in [5.41, 5.74) is 8.62. The number of fused-ring (bicyclic) bond motifs is 1. The van der Waals surface area contributed by atoms with E-state index in [0.717, 1.165) is 11.3 Å². The maximum atomic E-state index is 11.9. The number of carbonyl (C=O) groups is 1. The lowest BCUT2D eigenvalue weighted by atomic mass is 10.0. The zero-order chi connectivity index (χ0) is 17.8. The van der Waals surface area contributed by atoms with Gasteiger partial charge < -0.3 is 20.1 Å². The Labute approximate surface area is 146 Å². The van der Waals surface area contributed by atoms with Crippen molar-refractivity contribution in [2.45, 2.75) is 18.7 Å². The summed E-state index contributed by atoms with van der Waals surface area (Å²) in [6.45, 7) is 0.108. The van der Waals surface area contributed by atoms with E-state index in [-0.39, 0.29) is 25.1 Å². The summed E-state index contributed by atoms with van der Waals surface area (Å²) < 4.78 is 5.81. The molecule has 1 aromatic heterocycles. The second-order valence-electron chi connectivity index (χ2n) is 6.09. The van der Waals surface area contributed by atoms with Gasteiger partial charge in [0.15, 0.2) is 6.23 Å². The first-order valence-electron chi connectivity index (χ1n) is 8.14. The number of hydrogen-bond acceptors (Lipinski definition) is 6. The summed E-state index contributed by atoms with van der Waals surface area (Å²) in [4.78, 5) is 18.0. The normalized spacial score (nSPS) is 18.6. The number of amides is 1. The molecule has 0 aliphatic carbocycles. The molecule has 2 unspecified atom stereocenters. The third-order valence-corrected chi connectivity index (χ3v) is 4.14. The first kappa shape index (κ1) is 17.2. The number of aromatic nitrogens is 1. The van der Waals surface area contributed by atoms with Gasteiger partial charge in [-0.3, -0.25) is 15.5 Å². The molecule has 0 saturated heterocycles. The van der Waals surface area contributed by atoms with Crippen molar-refractivity contribution >= 4 is 11.6 Å². The van der Waals surface area contributed by atoms with Gasteiger partial charge in [-0.05, 0) is 30.2 Å². The predicted octanol–water partition coefficient (Wildman–Crippen LogP) is 0.587. The van der Waals surface area contributed by atoms with Crippen molar-refractivity contribution in [2.24, 2.45) is 5.73 Å². The van der Waals surface area contributed by atoms with Gasteiger partial charge in [0.1, 0.15) is 5.75 Å². The zero-order valence-electron chi connectivity index (χ0n) is 14.1. The molecule has 0 spiro atoms. The fourth-order valence-corrected chi connectivity index (χ4v) is 2.90. The molecule has 7 nitrogen and oxygen atoms in total. The van der Waals surface area contributed by atoms with Crippen molar-refractivity contribution in [3.8, 4) is 5.75 Å². The van der Waals surface area contributed by atoms with Crippen LogP contribution in [-0.4, -0.2) is 42.2 Å². The first-order chi connectivity index (χ1) is 12.1. The van der Waals surface area contributed by atoms with Gasteiger partial charge >= 0.3 is 0 Å². The molecule has 0 saturated carbocycles. The SMILES string of the molecule is CN1CC(=O)NC(CO)Cc2ccc(OC(N)c3ccccn3)cc21. The van der Waals surface area contributed by atoms with Crippen molar-refractivity contribution in [3.63, 3.8) is 0 Å². The highest BCUT2D eigenvalue weighted by Gasteiger charge is 2.22. The molecule has 2 heterocycles. The number of nitrogens with one attached hydrogen (secondary N) is 1. The number of nitrogens with zero attached hydrogens (tertiary/aromatic N) is 2. The van der Waals surface area contributed by atoms with Crippen LogP contribution in [0, 0.1) is 0 Å². The number of benzene rings is 1. The Kier molecular flexibility index (Phi) is 5.16. The van der Waals surface area contributed by atoms with Crippen LogP contribution in [0.5, 0.6) is 5.75 Å². The lowest BCUT2D eigenvalue weighted by molar-refractivity contribution is -0.120. The van der Waals surface area contributed by atoms with Gasteiger partial charge in [0, 0.05) is 25.0 Å². The molecule has 3 rings (SSSR count). The summed E-state index contributed by atoms with van der Waals surface area (Å²) in [5, 5.41) is 12.3. The highest BCUT2D eigenvalue weighted by atomic mass is 16.5. The second kappa shape index (κ2) is 7.50. The van der Waals surface area contributed by atoms with Crippen molar-refractivity contribution in [1.29, 1.82) is 0 Å². The van der Waals surface area contributed by atoms with Crippen LogP contribution in [0.2, 0.25) is 0 Å². The fraction of sp³-hybridized carbons (Fsp3) is 0.333. The number of hydrogen-bond donors (Lipinski definition) is 3. The summed E-state index contributed by atoms with van der Waals surface area (Å²) in [6, 6.07) is 10.8. The number of carbonyl (C=O) groups excluding carboxylic acids is 1. The molecule has 25 heavy (non-hydrogen) atoms. The van der Waals surface area contributed by atoms with E-state index in [1.54, 1.807) is 12.3 Å². The summed E-state index contributed by atoms with van der Waals surface area (Å²) >= 11 is 0. The minimum absolute atomic E-state index is 0.0995. The average Bonchev–Trinajstić information content (AvgIpc) is 2.61. The summed E-state index contributed by atoms with van der Waals surface area (Å²) in [6.07, 6.45) is 1.54. The van der Waals surface area contributed by atoms with E-state index < -0.39 is 6.23 Å². The largest absolute Gasteiger partial charge is 0.470 e. The predicted molar refractivity (Wildman–Crippen MR) is 94.2 cm³/mol. The Morgan fingerprint density at radius 1 is 1.44 bits per heavy atom. The first-order valence-corrected chi connectivity index (χ1v) is 8.14. The maximum absolute atomic E-state index is 11.9. The van der Waals surface area contributed by atoms with Gasteiger partial charge in [-0.15, -0.1) is 0 Å². The second-order valence-corrected chi connectivity index (χ2v) is 6.09. The van der Waals surface area contributed by atoms with Crippen LogP contribution in [-0.2, 0) is 11.2 Å². The number of nitrogens with two attached hydrogens (primary N) is 1. The van der Waals surface area contributed by atoms with Gasteiger partial charge in [-0.2, -0.15) is 0 Å². The third kappa shape index (κ3) is 4.07. The quantitative estimate of drug-likeness (QED) is 0.703. The third-order valence-electron chi connectivity index (χ3n) is 4.14. The van der Waals surface area contributed by atoms with E-state index in [1.807, 2.05) is 42.3 Å². The molecule has 0 bridgehead atoms. The molecule has 7 heteroatoms. The molecular formula is C18H22N4O3. The lowest BCUT2D eigenvalue weighted by Crippen LogP contribution is -2.46. The van der Waals surface area contributed by atoms with Crippen LogP contribution in [0.25, 0.3) is 0 Å². The average molecular weight is 342 g/mol. The minimum atomic E-state index is -0.674. The van der Waals surface area contributed by atoms with Crippen molar-refractivity contribution in [3.05, 3.63) is 53.9 Å². The molecule has 1 aliphatic heterocycles. The monoisotopic (exact) mass is 342 g/mol. The fourth-order valence-electron chi connectivity index (χ4n) is 2.90. The number of aliphatic hydroxyl groups is 1. The van der Waals surface area contributed by atoms with Crippen LogP contribution in [0.15, 0.2) is 42.6 Å². The maximum Gasteiger partial charge on any atom is 0.239 e. The van der Waals surface area contributed by atoms with E-state index in [4.69, 9.17) is 10.5 Å². The van der Waals surface area contributed by atoms with E-state index >= 15 is 0 Å². The Hall–Kier alpha value is -2.64. The standard InChI is InChI=1S/C18H22N4O3/c1-22-10-17(24)21-13(11-23)8-12-5-6-14(9-16(12)22)25-18(19)15-4-2-3-7-20-15/h2-7,9,13,18,23H,8,10-11,19H2,1H3,(H,21,24). The number of aliphatic hydroxyl groups excluding tert-OH is 1. The molecule has 1 aliphatic rings. The molecular weight excluding hydrogens is 320 g/mol. The number of anilines is 1. The Morgan fingerprint density at radius 3 is 3.00 bits per heavy atom. The minimum Gasteiger partial charge on any atom is -0.470 e. The smallest absolute Gasteiger partial charge is 0.239 e. The van der Waals surface area contributed by atoms with Crippen LogP contribution < -0.4 is 20.7 Å². The van der Waals surface area contributed by atoms with Gasteiger partial charge in [0.2, 0.25) is 5.91 Å². The Bertz CT molecular complexity index is 738. The molecule has 0 radical (unpaired) electrons. The molecule has 4 N–H and O–H groups in total. The molecule has 2 aromatic rings. The van der Waals surface area contributed by atoms with E-state index in [2.05, 4.69) is 10.3 Å². The molecule has 132 valence electrons. The highest BCUT2D eigenvalue weighted by molar-refractivity contribution is 5.82. The lowest BCUT2D eigenvalue weighted by Gasteiger charge is -2.29. The Morgan fingerprint density at radius 2 is 2.28 bits per heavy atom. The van der Waals surface area contributed by atoms with Crippen LogP contribution in [0.4, 0.5) is 5.69 Å². The molecule has 0 fully saturated rings. The van der Waals surface area contributed by atoms with Crippen molar-refractivity contribution < 1.29 is 14.6 Å². The molecule has 1 aromatic carbocycles. The number of ether oxygens (including phenoxy) is 1. The van der Waals surface area contributed by atoms with E-state index in [0.29, 0.717) is 17.9 Å². The van der Waals surface area contributed by atoms with Gasteiger partial charge in [-0.1, -0.05) is 12.1 Å². The number of likely N-dealkylation sites (N-methyl/N-ethyl adjacent to an activating group) is 1. The van der Waals surface area contributed by atoms with Crippen LogP contribution in [0.3, 0.4) is 0 Å². The van der Waals surface area contributed by atoms with E-state index in [1.165, 1.54) is 0 Å². The molecule has 1 amide bonds. The highest BCUT2D eigenvalue weighted by Crippen LogP contribution is 2.29. The molecule has 2 atom stereocenters. The number of pyridine rings is 1. The zero-order valence-corrected chi connectivity index (χ0v) is 14.1. The Balaban J connectivity index is 1.84. The summed E-state index contributed by atoms with van der Waals surface area (Å²) in [5.74, 6) is 0.481. The van der Waals surface area contributed by atoms with Gasteiger partial charge in [-0.25, -0.2) is 0 Å². The summed E-state index contributed by atoms with van der Waals surface area (Å²) in [7, 11) is 1.85. The van der Waals surface area contributed by atoms with Gasteiger partial charge in [0.05, 0.1) is 24.9 Å². The van der Waals surface area contributed by atoms with Crippen LogP contribution in [0.1, 0.15) is 17.5 Å². The van der Waals surface area contributed by atoms with Gasteiger partial charge in [0.25, 0.3) is 0 Å². The topological polar surface area (TPSA) is 101 Å². The van der Waals surface area contributed by atoms with E-state index in [9.17, 15) is 9.90 Å². The van der Waals surface area contributed by atoms with Crippen molar-refractivity contribution in [2.75, 3.05) is 25.1 Å². The van der Waals surface area contributed by atoms with Crippen molar-refractivity contribution in [1.82, 2.24) is 10.3 Å². The number of rotatable bonds is 4. The van der Waals surface area contributed by atoms with Crippen LogP contribution >= 0.6 is 0 Å².